The monoisotopic (exact) mass is 403 g/mol. The average Bonchev–Trinajstić information content (AvgIpc) is 2.79. The fourth-order valence-electron chi connectivity index (χ4n) is 3.39. The summed E-state index contributed by atoms with van der Waals surface area (Å²) in [6, 6.07) is 23.4. The molecule has 1 unspecified atom stereocenters. The van der Waals surface area contributed by atoms with E-state index in [2.05, 4.69) is 21.3 Å². The molecule has 1 saturated heterocycles. The maximum absolute atomic E-state index is 12.5. The summed E-state index contributed by atoms with van der Waals surface area (Å²) in [6.07, 6.45) is 1.24. The van der Waals surface area contributed by atoms with Gasteiger partial charge >= 0.3 is 0 Å². The number of pyridine rings is 1. The van der Waals surface area contributed by atoms with E-state index in [0.29, 0.717) is 19.7 Å². The summed E-state index contributed by atoms with van der Waals surface area (Å²) in [5, 5.41) is 2.92. The Bertz CT molecular complexity index is 950. The molecule has 6 heteroatoms. The molecule has 30 heavy (non-hydrogen) atoms. The molecule has 4 rings (SSSR count). The van der Waals surface area contributed by atoms with Crippen molar-refractivity contribution in [3.63, 3.8) is 0 Å². The van der Waals surface area contributed by atoms with Gasteiger partial charge < -0.3 is 14.8 Å². The fraction of sp³-hybridized carbons (Fsp3) is 0.250. The molecule has 0 radical (unpaired) electrons. The zero-order valence-corrected chi connectivity index (χ0v) is 16.7. The molecule has 1 atom stereocenters. The van der Waals surface area contributed by atoms with Crippen molar-refractivity contribution in [2.24, 2.45) is 0 Å². The molecule has 1 aliphatic heterocycles. The van der Waals surface area contributed by atoms with Gasteiger partial charge in [0.05, 0.1) is 18.8 Å². The number of nitrogens with one attached hydrogen (secondary N) is 1. The fourth-order valence-corrected chi connectivity index (χ4v) is 3.39. The zero-order chi connectivity index (χ0) is 20.6. The molecule has 0 bridgehead atoms. The number of amides is 1. The lowest BCUT2D eigenvalue weighted by molar-refractivity contribution is -0.139. The summed E-state index contributed by atoms with van der Waals surface area (Å²) >= 11 is 0. The smallest absolute Gasteiger partial charge is 0.250 e. The molecular weight excluding hydrogens is 378 g/mol. The Morgan fingerprint density at radius 2 is 1.90 bits per heavy atom. The quantitative estimate of drug-likeness (QED) is 0.655. The number of morpholine rings is 1. The first-order valence-electron chi connectivity index (χ1n) is 10.1. The van der Waals surface area contributed by atoms with Crippen LogP contribution in [0.3, 0.4) is 0 Å². The maximum Gasteiger partial charge on any atom is 0.250 e. The van der Waals surface area contributed by atoms with Gasteiger partial charge in [0, 0.05) is 25.8 Å². The van der Waals surface area contributed by atoms with Crippen LogP contribution in [0, 0.1) is 0 Å². The van der Waals surface area contributed by atoms with E-state index in [0.717, 1.165) is 35.8 Å². The Hall–Kier alpha value is -3.22. The first kappa shape index (κ1) is 20.1. The van der Waals surface area contributed by atoms with E-state index in [1.54, 1.807) is 6.20 Å². The standard InChI is InChI=1S/C24H25N3O3/c28-24(26-16-20-8-4-5-12-25-20)23-18-27(13-14-29-23)17-19-7-6-11-22(15-19)30-21-9-2-1-3-10-21/h1-12,15,23H,13-14,16-18H2,(H,26,28). The molecule has 1 fully saturated rings. The number of ether oxygens (including phenoxy) is 2. The minimum atomic E-state index is -0.480. The van der Waals surface area contributed by atoms with Crippen LogP contribution in [0.1, 0.15) is 11.3 Å². The van der Waals surface area contributed by atoms with Gasteiger partial charge in [0.1, 0.15) is 17.6 Å². The molecule has 0 aliphatic carbocycles. The molecule has 2 aromatic carbocycles. The van der Waals surface area contributed by atoms with Crippen LogP contribution in [0.4, 0.5) is 0 Å². The largest absolute Gasteiger partial charge is 0.457 e. The van der Waals surface area contributed by atoms with Crippen molar-refractivity contribution in [3.8, 4) is 11.5 Å². The second-order valence-corrected chi connectivity index (χ2v) is 7.20. The summed E-state index contributed by atoms with van der Waals surface area (Å²) in [5.41, 5.74) is 1.96. The van der Waals surface area contributed by atoms with E-state index in [1.165, 1.54) is 0 Å². The molecular formula is C24H25N3O3. The van der Waals surface area contributed by atoms with Crippen LogP contribution in [0.2, 0.25) is 0 Å². The van der Waals surface area contributed by atoms with Gasteiger partial charge in [-0.15, -0.1) is 0 Å². The minimum Gasteiger partial charge on any atom is -0.457 e. The van der Waals surface area contributed by atoms with Crippen molar-refractivity contribution >= 4 is 5.91 Å². The molecule has 1 aromatic heterocycles. The van der Waals surface area contributed by atoms with Gasteiger partial charge in [0.15, 0.2) is 0 Å². The number of rotatable bonds is 7. The van der Waals surface area contributed by atoms with Crippen LogP contribution in [-0.4, -0.2) is 41.6 Å². The molecule has 0 spiro atoms. The lowest BCUT2D eigenvalue weighted by atomic mass is 10.1. The second-order valence-electron chi connectivity index (χ2n) is 7.20. The predicted molar refractivity (Wildman–Crippen MR) is 114 cm³/mol. The third-order valence-corrected chi connectivity index (χ3v) is 4.90. The second kappa shape index (κ2) is 10.0. The molecule has 1 amide bonds. The summed E-state index contributed by atoms with van der Waals surface area (Å²) < 4.78 is 11.6. The predicted octanol–water partition coefficient (Wildman–Crippen LogP) is 3.39. The number of carbonyl (C=O) groups is 1. The minimum absolute atomic E-state index is 0.105. The summed E-state index contributed by atoms with van der Waals surface area (Å²) in [4.78, 5) is 19.0. The molecule has 1 N–H and O–H groups in total. The van der Waals surface area contributed by atoms with Gasteiger partial charge in [-0.05, 0) is 42.0 Å². The van der Waals surface area contributed by atoms with Gasteiger partial charge in [0.25, 0.3) is 5.91 Å². The highest BCUT2D eigenvalue weighted by Gasteiger charge is 2.26. The van der Waals surface area contributed by atoms with Crippen LogP contribution < -0.4 is 10.1 Å². The van der Waals surface area contributed by atoms with Crippen molar-refractivity contribution < 1.29 is 14.3 Å². The normalized spacial score (nSPS) is 16.7. The molecule has 0 saturated carbocycles. The Morgan fingerprint density at radius 3 is 2.73 bits per heavy atom. The SMILES string of the molecule is O=C(NCc1ccccn1)C1CN(Cc2cccc(Oc3ccccc3)c2)CCO1. The van der Waals surface area contributed by atoms with E-state index in [-0.39, 0.29) is 5.91 Å². The van der Waals surface area contributed by atoms with Gasteiger partial charge in [-0.1, -0.05) is 36.4 Å². The Labute approximate surface area is 176 Å². The number of hydrogen-bond donors (Lipinski definition) is 1. The topological polar surface area (TPSA) is 63.7 Å². The third kappa shape index (κ3) is 5.65. The zero-order valence-electron chi connectivity index (χ0n) is 16.7. The molecule has 3 aromatic rings. The van der Waals surface area contributed by atoms with Crippen molar-refractivity contribution in [2.45, 2.75) is 19.2 Å². The first-order valence-corrected chi connectivity index (χ1v) is 10.1. The van der Waals surface area contributed by atoms with Gasteiger partial charge in [-0.25, -0.2) is 0 Å². The average molecular weight is 403 g/mol. The summed E-state index contributed by atoms with van der Waals surface area (Å²) in [5.74, 6) is 1.51. The van der Waals surface area contributed by atoms with Crippen molar-refractivity contribution in [3.05, 3.63) is 90.3 Å². The van der Waals surface area contributed by atoms with Crippen LogP contribution in [-0.2, 0) is 22.6 Å². The first-order chi connectivity index (χ1) is 14.8. The summed E-state index contributed by atoms with van der Waals surface area (Å²) in [7, 11) is 0. The van der Waals surface area contributed by atoms with Gasteiger partial charge in [0.2, 0.25) is 0 Å². The lowest BCUT2D eigenvalue weighted by Gasteiger charge is -2.32. The van der Waals surface area contributed by atoms with Crippen molar-refractivity contribution in [1.82, 2.24) is 15.2 Å². The van der Waals surface area contributed by atoms with E-state index in [1.807, 2.05) is 66.7 Å². The number of aromatic nitrogens is 1. The number of para-hydroxylation sites is 1. The number of benzene rings is 2. The van der Waals surface area contributed by atoms with E-state index in [4.69, 9.17) is 9.47 Å². The number of hydrogen-bond acceptors (Lipinski definition) is 5. The molecule has 2 heterocycles. The highest BCUT2D eigenvalue weighted by Crippen LogP contribution is 2.22. The molecule has 1 aliphatic rings. The van der Waals surface area contributed by atoms with E-state index in [9.17, 15) is 4.79 Å². The Morgan fingerprint density at radius 1 is 1.07 bits per heavy atom. The van der Waals surface area contributed by atoms with E-state index >= 15 is 0 Å². The molecule has 154 valence electrons. The van der Waals surface area contributed by atoms with Crippen LogP contribution in [0.25, 0.3) is 0 Å². The Balaban J connectivity index is 1.31. The number of carbonyl (C=O) groups excluding carboxylic acids is 1. The molecule has 6 nitrogen and oxygen atoms in total. The third-order valence-electron chi connectivity index (χ3n) is 4.90. The van der Waals surface area contributed by atoms with Crippen LogP contribution >= 0.6 is 0 Å². The van der Waals surface area contributed by atoms with Gasteiger partial charge in [-0.3, -0.25) is 14.7 Å². The Kier molecular flexibility index (Phi) is 6.69. The van der Waals surface area contributed by atoms with Crippen LogP contribution in [0.5, 0.6) is 11.5 Å². The van der Waals surface area contributed by atoms with Crippen LogP contribution in [0.15, 0.2) is 79.0 Å². The van der Waals surface area contributed by atoms with E-state index < -0.39 is 6.10 Å². The lowest BCUT2D eigenvalue weighted by Crippen LogP contribution is -2.49. The highest BCUT2D eigenvalue weighted by atomic mass is 16.5. The number of nitrogens with zero attached hydrogens (tertiary/aromatic N) is 2. The maximum atomic E-state index is 12.5. The van der Waals surface area contributed by atoms with Crippen molar-refractivity contribution in [1.29, 1.82) is 0 Å². The highest BCUT2D eigenvalue weighted by molar-refractivity contribution is 5.81. The summed E-state index contributed by atoms with van der Waals surface area (Å²) in [6.45, 7) is 3.01. The van der Waals surface area contributed by atoms with Crippen molar-refractivity contribution in [2.75, 3.05) is 19.7 Å². The van der Waals surface area contributed by atoms with Gasteiger partial charge in [-0.2, -0.15) is 0 Å².